The molecule has 2 heterocycles. The molecule has 0 atom stereocenters. The summed E-state index contributed by atoms with van der Waals surface area (Å²) in [7, 11) is -1.74. The van der Waals surface area contributed by atoms with E-state index in [0.29, 0.717) is 18.0 Å². The third-order valence-electron chi connectivity index (χ3n) is 3.58. The fourth-order valence-electron chi connectivity index (χ4n) is 2.19. The zero-order chi connectivity index (χ0) is 19.2. The van der Waals surface area contributed by atoms with Crippen LogP contribution in [0.3, 0.4) is 0 Å². The number of carboxylic acid groups (broad SMARTS) is 1. The lowest BCUT2D eigenvalue weighted by molar-refractivity contribution is -0.122. The molecule has 8 nitrogen and oxygen atoms in total. The van der Waals surface area contributed by atoms with Gasteiger partial charge in [0.25, 0.3) is 6.47 Å². The summed E-state index contributed by atoms with van der Waals surface area (Å²) in [5, 5.41) is 6.89. The number of benzene rings is 1. The van der Waals surface area contributed by atoms with Crippen molar-refractivity contribution in [1.82, 2.24) is 9.38 Å². The van der Waals surface area contributed by atoms with Crippen LogP contribution in [0, 0.1) is 0 Å². The second kappa shape index (κ2) is 8.34. The second-order valence-corrected chi connectivity index (χ2v) is 7.31. The summed E-state index contributed by atoms with van der Waals surface area (Å²) < 4.78 is 32.0. The molecule has 0 saturated heterocycles. The van der Waals surface area contributed by atoms with Gasteiger partial charge in [-0.25, -0.2) is 13.4 Å². The van der Waals surface area contributed by atoms with Gasteiger partial charge in [-0.1, -0.05) is 6.07 Å². The van der Waals surface area contributed by atoms with Crippen molar-refractivity contribution in [2.24, 2.45) is 0 Å². The standard InChI is InChI=1S/C16H17N3O3S.CH2O2/c1-18(23(2,20)21)13-6-8-15(9-7-13)22-12-14-11-17-16-5-3-4-10-19(14)16;2-1-3/h3-11H,12H2,1-2H3;1H,(H,2,3). The molecule has 9 heteroatoms. The van der Waals surface area contributed by atoms with Gasteiger partial charge in [-0.15, -0.1) is 0 Å². The highest BCUT2D eigenvalue weighted by atomic mass is 32.2. The first-order valence-electron chi connectivity index (χ1n) is 7.52. The number of hydrogen-bond donors (Lipinski definition) is 1. The average molecular weight is 377 g/mol. The molecule has 0 aliphatic carbocycles. The molecule has 1 N–H and O–H groups in total. The Morgan fingerprint density at radius 2 is 1.88 bits per heavy atom. The minimum Gasteiger partial charge on any atom is -0.487 e. The van der Waals surface area contributed by atoms with Crippen LogP contribution in [0.15, 0.2) is 54.9 Å². The van der Waals surface area contributed by atoms with Gasteiger partial charge in [-0.05, 0) is 36.4 Å². The largest absolute Gasteiger partial charge is 0.487 e. The number of hydrogen-bond acceptors (Lipinski definition) is 5. The van der Waals surface area contributed by atoms with E-state index in [1.807, 2.05) is 28.8 Å². The SMILES string of the molecule is CN(c1ccc(OCc2cnc3ccccn23)cc1)S(C)(=O)=O.O=CO. The summed E-state index contributed by atoms with van der Waals surface area (Å²) >= 11 is 0. The minimum atomic E-state index is -3.26. The van der Waals surface area contributed by atoms with Crippen LogP contribution in [0.4, 0.5) is 5.69 Å². The molecule has 0 saturated carbocycles. The minimum absolute atomic E-state index is 0.250. The molecule has 3 rings (SSSR count). The summed E-state index contributed by atoms with van der Waals surface area (Å²) in [6.45, 7) is 0.131. The van der Waals surface area contributed by atoms with Crippen molar-refractivity contribution in [2.75, 3.05) is 17.6 Å². The number of aromatic nitrogens is 2. The molecule has 0 radical (unpaired) electrons. The van der Waals surface area contributed by atoms with Crippen molar-refractivity contribution < 1.29 is 23.1 Å². The summed E-state index contributed by atoms with van der Waals surface area (Å²) in [5.74, 6) is 0.668. The van der Waals surface area contributed by atoms with Crippen LogP contribution >= 0.6 is 0 Å². The van der Waals surface area contributed by atoms with Crippen LogP contribution in [0.2, 0.25) is 0 Å². The molecule has 3 aromatic rings. The van der Waals surface area contributed by atoms with Crippen LogP contribution in [-0.2, 0) is 21.4 Å². The van der Waals surface area contributed by atoms with Crippen LogP contribution in [0.5, 0.6) is 5.75 Å². The number of pyridine rings is 1. The van der Waals surface area contributed by atoms with E-state index in [-0.39, 0.29) is 6.47 Å². The van der Waals surface area contributed by atoms with Gasteiger partial charge in [0.05, 0.1) is 23.8 Å². The van der Waals surface area contributed by atoms with Crippen molar-refractivity contribution in [3.63, 3.8) is 0 Å². The Kier molecular flexibility index (Phi) is 6.18. The molecule has 0 aliphatic heterocycles. The molecule has 138 valence electrons. The summed E-state index contributed by atoms with van der Waals surface area (Å²) in [5.41, 5.74) is 2.41. The van der Waals surface area contributed by atoms with Crippen LogP contribution in [0.25, 0.3) is 5.65 Å². The lowest BCUT2D eigenvalue weighted by Gasteiger charge is -2.16. The molecule has 0 fully saturated rings. The quantitative estimate of drug-likeness (QED) is 0.683. The third kappa shape index (κ3) is 4.73. The van der Waals surface area contributed by atoms with Gasteiger partial charge in [0.2, 0.25) is 10.0 Å². The summed E-state index contributed by atoms with van der Waals surface area (Å²) in [4.78, 5) is 12.7. The van der Waals surface area contributed by atoms with Crippen LogP contribution < -0.4 is 9.04 Å². The number of sulfonamides is 1. The van der Waals surface area contributed by atoms with Crippen LogP contribution in [-0.4, -0.2) is 42.7 Å². The highest BCUT2D eigenvalue weighted by Gasteiger charge is 2.11. The molecule has 0 unspecified atom stereocenters. The number of ether oxygens (including phenoxy) is 1. The first-order valence-corrected chi connectivity index (χ1v) is 9.37. The van der Waals surface area contributed by atoms with E-state index < -0.39 is 10.0 Å². The van der Waals surface area contributed by atoms with E-state index in [1.54, 1.807) is 30.5 Å². The lowest BCUT2D eigenvalue weighted by atomic mass is 10.3. The monoisotopic (exact) mass is 377 g/mol. The number of imidazole rings is 1. The predicted molar refractivity (Wildman–Crippen MR) is 97.9 cm³/mol. The fraction of sp³-hybridized carbons (Fsp3) is 0.176. The third-order valence-corrected chi connectivity index (χ3v) is 4.78. The Morgan fingerprint density at radius 3 is 2.50 bits per heavy atom. The number of fused-ring (bicyclic) bond motifs is 1. The van der Waals surface area contributed by atoms with Crippen molar-refractivity contribution >= 4 is 27.8 Å². The summed E-state index contributed by atoms with van der Waals surface area (Å²) in [6.07, 6.45) is 4.88. The van der Waals surface area contributed by atoms with Gasteiger partial charge in [-0.3, -0.25) is 9.10 Å². The van der Waals surface area contributed by atoms with Crippen molar-refractivity contribution in [1.29, 1.82) is 0 Å². The topological polar surface area (TPSA) is 101 Å². The molecule has 1 aromatic carbocycles. The van der Waals surface area contributed by atoms with Crippen LogP contribution in [0.1, 0.15) is 5.69 Å². The summed E-state index contributed by atoms with van der Waals surface area (Å²) in [6, 6.07) is 12.7. The molecule has 0 aliphatic rings. The Morgan fingerprint density at radius 1 is 1.23 bits per heavy atom. The molecular weight excluding hydrogens is 358 g/mol. The maximum atomic E-state index is 11.5. The molecule has 0 spiro atoms. The number of nitrogens with zero attached hydrogens (tertiary/aromatic N) is 3. The molecule has 0 bridgehead atoms. The number of anilines is 1. The van der Waals surface area contributed by atoms with Gasteiger partial charge >= 0.3 is 0 Å². The number of rotatable bonds is 5. The van der Waals surface area contributed by atoms with Gasteiger partial charge in [0.15, 0.2) is 0 Å². The first kappa shape index (κ1) is 19.3. The van der Waals surface area contributed by atoms with Gasteiger partial charge in [0.1, 0.15) is 18.0 Å². The lowest BCUT2D eigenvalue weighted by Crippen LogP contribution is -2.24. The van der Waals surface area contributed by atoms with E-state index in [1.165, 1.54) is 17.6 Å². The van der Waals surface area contributed by atoms with Crippen molar-refractivity contribution in [3.05, 3.63) is 60.6 Å². The second-order valence-electron chi connectivity index (χ2n) is 5.30. The highest BCUT2D eigenvalue weighted by molar-refractivity contribution is 7.92. The van der Waals surface area contributed by atoms with E-state index >= 15 is 0 Å². The average Bonchev–Trinajstić information content (AvgIpc) is 3.03. The highest BCUT2D eigenvalue weighted by Crippen LogP contribution is 2.21. The van der Waals surface area contributed by atoms with E-state index in [9.17, 15) is 8.42 Å². The smallest absolute Gasteiger partial charge is 0.290 e. The Hall–Kier alpha value is -3.07. The van der Waals surface area contributed by atoms with E-state index in [2.05, 4.69) is 4.98 Å². The maximum absolute atomic E-state index is 11.5. The maximum Gasteiger partial charge on any atom is 0.290 e. The van der Waals surface area contributed by atoms with Crippen molar-refractivity contribution in [2.45, 2.75) is 6.61 Å². The van der Waals surface area contributed by atoms with Gasteiger partial charge in [0, 0.05) is 13.2 Å². The first-order chi connectivity index (χ1) is 12.4. The Bertz CT molecular complexity index is 967. The van der Waals surface area contributed by atoms with E-state index in [4.69, 9.17) is 14.6 Å². The molecule has 0 amide bonds. The predicted octanol–water partition coefficient (Wildman–Crippen LogP) is 2.01. The van der Waals surface area contributed by atoms with Gasteiger partial charge < -0.3 is 14.2 Å². The normalized spacial score (nSPS) is 10.7. The van der Waals surface area contributed by atoms with E-state index in [0.717, 1.165) is 11.3 Å². The molecule has 26 heavy (non-hydrogen) atoms. The Labute approximate surface area is 151 Å². The molecule has 2 aromatic heterocycles. The fourth-order valence-corrected chi connectivity index (χ4v) is 2.70. The zero-order valence-electron chi connectivity index (χ0n) is 14.3. The molecular formula is C17H19N3O5S. The zero-order valence-corrected chi connectivity index (χ0v) is 15.1. The number of carbonyl (C=O) groups is 1. The van der Waals surface area contributed by atoms with Crippen molar-refractivity contribution in [3.8, 4) is 5.75 Å². The van der Waals surface area contributed by atoms with Gasteiger partial charge in [-0.2, -0.15) is 0 Å². The Balaban J connectivity index is 0.000000758.